The van der Waals surface area contributed by atoms with Gasteiger partial charge in [-0.1, -0.05) is 11.6 Å². The molecule has 3 rings (SSSR count). The minimum absolute atomic E-state index is 0.146. The summed E-state index contributed by atoms with van der Waals surface area (Å²) < 4.78 is 0. The first-order valence-corrected chi connectivity index (χ1v) is 6.99. The van der Waals surface area contributed by atoms with E-state index in [1.165, 1.54) is 24.8 Å². The van der Waals surface area contributed by atoms with Crippen LogP contribution in [0.15, 0.2) is 36.9 Å². The number of amides is 2. The molecule has 7 nitrogen and oxygen atoms in total. The van der Waals surface area contributed by atoms with Crippen LogP contribution in [-0.2, 0) is 4.79 Å². The predicted octanol–water partition coefficient (Wildman–Crippen LogP) is 1.24. The quantitative estimate of drug-likeness (QED) is 0.860. The van der Waals surface area contributed by atoms with Gasteiger partial charge in [-0.05, 0) is 12.1 Å². The van der Waals surface area contributed by atoms with E-state index in [0.29, 0.717) is 23.9 Å². The van der Waals surface area contributed by atoms with Crippen molar-refractivity contribution in [2.75, 3.05) is 18.4 Å². The number of aromatic nitrogens is 3. The van der Waals surface area contributed by atoms with E-state index in [1.807, 2.05) is 0 Å². The van der Waals surface area contributed by atoms with Crippen molar-refractivity contribution >= 4 is 29.1 Å². The van der Waals surface area contributed by atoms with Gasteiger partial charge in [-0.15, -0.1) is 0 Å². The van der Waals surface area contributed by atoms with Crippen LogP contribution in [0.2, 0.25) is 5.15 Å². The van der Waals surface area contributed by atoms with Gasteiger partial charge in [0.05, 0.1) is 24.0 Å². The number of carbonyl (C=O) groups excluding carboxylic acids is 2. The molecule has 112 valence electrons. The highest BCUT2D eigenvalue weighted by Gasteiger charge is 2.36. The molecule has 2 aromatic heterocycles. The molecule has 0 spiro atoms. The molecule has 8 heteroatoms. The fourth-order valence-corrected chi connectivity index (χ4v) is 2.19. The molecule has 0 radical (unpaired) electrons. The lowest BCUT2D eigenvalue weighted by molar-refractivity contribution is -0.123. The van der Waals surface area contributed by atoms with Crippen molar-refractivity contribution in [1.82, 2.24) is 19.9 Å². The maximum atomic E-state index is 12.1. The Bertz CT molecular complexity index is 686. The van der Waals surface area contributed by atoms with E-state index in [-0.39, 0.29) is 23.4 Å². The van der Waals surface area contributed by atoms with Gasteiger partial charge in [-0.2, -0.15) is 0 Å². The molecule has 1 aliphatic rings. The molecule has 1 fully saturated rings. The van der Waals surface area contributed by atoms with Gasteiger partial charge in [0.25, 0.3) is 5.91 Å². The Morgan fingerprint density at radius 3 is 2.64 bits per heavy atom. The van der Waals surface area contributed by atoms with Gasteiger partial charge in [0.15, 0.2) is 0 Å². The molecule has 0 bridgehead atoms. The smallest absolute Gasteiger partial charge is 0.274 e. The first-order valence-electron chi connectivity index (χ1n) is 6.61. The monoisotopic (exact) mass is 317 g/mol. The first kappa shape index (κ1) is 14.4. The van der Waals surface area contributed by atoms with Crippen molar-refractivity contribution in [1.29, 1.82) is 0 Å². The molecule has 2 amide bonds. The Morgan fingerprint density at radius 2 is 2.00 bits per heavy atom. The summed E-state index contributed by atoms with van der Waals surface area (Å²) in [5.74, 6) is -0.603. The van der Waals surface area contributed by atoms with Gasteiger partial charge in [0.2, 0.25) is 5.91 Å². The zero-order valence-corrected chi connectivity index (χ0v) is 12.2. The van der Waals surface area contributed by atoms with Gasteiger partial charge >= 0.3 is 0 Å². The van der Waals surface area contributed by atoms with Gasteiger partial charge < -0.3 is 10.2 Å². The zero-order chi connectivity index (χ0) is 15.5. The summed E-state index contributed by atoms with van der Waals surface area (Å²) in [5, 5.41) is 3.11. The van der Waals surface area contributed by atoms with Crippen LogP contribution in [0.3, 0.4) is 0 Å². The summed E-state index contributed by atoms with van der Waals surface area (Å²) in [6.45, 7) is 0.727. The van der Waals surface area contributed by atoms with E-state index in [9.17, 15) is 9.59 Å². The van der Waals surface area contributed by atoms with Gasteiger partial charge in [-0.3, -0.25) is 14.6 Å². The standard InChI is InChI=1S/C14H12ClN5O2/c15-12-2-1-10(5-18-12)19-13(21)9-7-20(8-9)14(22)11-6-16-3-4-17-11/h1-6,9H,7-8H2,(H,19,21). The third-order valence-corrected chi connectivity index (χ3v) is 3.54. The van der Waals surface area contributed by atoms with E-state index in [0.717, 1.165) is 0 Å². The average Bonchev–Trinajstić information content (AvgIpc) is 2.49. The second kappa shape index (κ2) is 6.07. The summed E-state index contributed by atoms with van der Waals surface area (Å²) >= 11 is 5.68. The summed E-state index contributed by atoms with van der Waals surface area (Å²) in [7, 11) is 0. The zero-order valence-electron chi connectivity index (χ0n) is 11.4. The van der Waals surface area contributed by atoms with Gasteiger partial charge in [0, 0.05) is 25.5 Å². The molecule has 22 heavy (non-hydrogen) atoms. The van der Waals surface area contributed by atoms with E-state index in [1.54, 1.807) is 17.0 Å². The number of pyridine rings is 1. The summed E-state index contributed by atoms with van der Waals surface area (Å²) in [5.41, 5.74) is 0.858. The summed E-state index contributed by atoms with van der Waals surface area (Å²) in [4.78, 5) is 37.4. The van der Waals surface area contributed by atoms with E-state index in [4.69, 9.17) is 11.6 Å². The second-order valence-electron chi connectivity index (χ2n) is 4.86. The van der Waals surface area contributed by atoms with Crippen LogP contribution >= 0.6 is 11.6 Å². The van der Waals surface area contributed by atoms with Crippen LogP contribution in [0.5, 0.6) is 0 Å². The normalized spacial score (nSPS) is 14.3. The molecule has 0 saturated carbocycles. The number of anilines is 1. The third kappa shape index (κ3) is 3.04. The van der Waals surface area contributed by atoms with Crippen molar-refractivity contribution in [2.45, 2.75) is 0 Å². The molecule has 0 aromatic carbocycles. The van der Waals surface area contributed by atoms with E-state index in [2.05, 4.69) is 20.3 Å². The Labute approximate surface area is 131 Å². The number of hydrogen-bond acceptors (Lipinski definition) is 5. The Balaban J connectivity index is 1.53. The fraction of sp³-hybridized carbons (Fsp3) is 0.214. The molecule has 3 heterocycles. The van der Waals surface area contributed by atoms with Crippen LogP contribution < -0.4 is 5.32 Å². The summed E-state index contributed by atoms with van der Waals surface area (Å²) in [6.07, 6.45) is 5.87. The molecule has 0 atom stereocenters. The number of hydrogen-bond donors (Lipinski definition) is 1. The highest BCUT2D eigenvalue weighted by molar-refractivity contribution is 6.29. The maximum Gasteiger partial charge on any atom is 0.274 e. The molecular weight excluding hydrogens is 306 g/mol. The van der Waals surface area contributed by atoms with Crippen LogP contribution in [0.1, 0.15) is 10.5 Å². The predicted molar refractivity (Wildman–Crippen MR) is 79.3 cm³/mol. The van der Waals surface area contributed by atoms with Gasteiger partial charge in [-0.25, -0.2) is 9.97 Å². The van der Waals surface area contributed by atoms with Crippen molar-refractivity contribution in [3.05, 3.63) is 47.8 Å². The SMILES string of the molecule is O=C(Nc1ccc(Cl)nc1)C1CN(C(=O)c2cnccn2)C1. The molecule has 2 aromatic rings. The number of halogens is 1. The minimum atomic E-state index is -0.240. The molecule has 1 N–H and O–H groups in total. The fourth-order valence-electron chi connectivity index (χ4n) is 2.08. The molecular formula is C14H12ClN5O2. The lowest BCUT2D eigenvalue weighted by Crippen LogP contribution is -2.54. The number of nitrogens with zero attached hydrogens (tertiary/aromatic N) is 4. The van der Waals surface area contributed by atoms with Crippen LogP contribution in [0, 0.1) is 5.92 Å². The van der Waals surface area contributed by atoms with Crippen LogP contribution in [0.25, 0.3) is 0 Å². The van der Waals surface area contributed by atoms with Gasteiger partial charge in [0.1, 0.15) is 10.8 Å². The Morgan fingerprint density at radius 1 is 1.18 bits per heavy atom. The van der Waals surface area contributed by atoms with Crippen molar-refractivity contribution in [3.8, 4) is 0 Å². The lowest BCUT2D eigenvalue weighted by atomic mass is 9.98. The number of rotatable bonds is 3. The molecule has 1 saturated heterocycles. The first-order chi connectivity index (χ1) is 10.6. The maximum absolute atomic E-state index is 12.1. The number of carbonyl (C=O) groups is 2. The highest BCUT2D eigenvalue weighted by atomic mass is 35.5. The second-order valence-corrected chi connectivity index (χ2v) is 5.24. The molecule has 0 aliphatic carbocycles. The van der Waals surface area contributed by atoms with Crippen molar-refractivity contribution in [3.63, 3.8) is 0 Å². The minimum Gasteiger partial charge on any atom is -0.336 e. The molecule has 1 aliphatic heterocycles. The third-order valence-electron chi connectivity index (χ3n) is 3.32. The Hall–Kier alpha value is -2.54. The van der Waals surface area contributed by atoms with Crippen LogP contribution in [0.4, 0.5) is 5.69 Å². The Kier molecular flexibility index (Phi) is 3.97. The topological polar surface area (TPSA) is 88.1 Å². The lowest BCUT2D eigenvalue weighted by Gasteiger charge is -2.37. The molecule has 0 unspecified atom stereocenters. The largest absolute Gasteiger partial charge is 0.336 e. The average molecular weight is 318 g/mol. The number of likely N-dealkylation sites (tertiary alicyclic amines) is 1. The van der Waals surface area contributed by atoms with Crippen LogP contribution in [-0.4, -0.2) is 44.8 Å². The number of nitrogens with one attached hydrogen (secondary N) is 1. The highest BCUT2D eigenvalue weighted by Crippen LogP contribution is 2.20. The van der Waals surface area contributed by atoms with E-state index >= 15 is 0 Å². The summed E-state index contributed by atoms with van der Waals surface area (Å²) in [6, 6.07) is 3.27. The van der Waals surface area contributed by atoms with E-state index < -0.39 is 0 Å². The van der Waals surface area contributed by atoms with Crippen molar-refractivity contribution < 1.29 is 9.59 Å². The van der Waals surface area contributed by atoms with Crippen molar-refractivity contribution in [2.24, 2.45) is 5.92 Å².